The minimum atomic E-state index is -3.91. The number of hydrogen-bond acceptors (Lipinski definition) is 7. The Kier molecular flexibility index (Phi) is 7.56. The van der Waals surface area contributed by atoms with Crippen molar-refractivity contribution in [2.24, 2.45) is 0 Å². The Hall–Kier alpha value is -4.07. The number of nitrogens with one attached hydrogen (secondary N) is 1. The van der Waals surface area contributed by atoms with Crippen molar-refractivity contribution in [2.45, 2.75) is 30.3 Å². The number of hydrogen-bond donors (Lipinski definition) is 1. The number of H-pyrrole nitrogens is 1. The van der Waals surface area contributed by atoms with Gasteiger partial charge in [0.1, 0.15) is 5.03 Å². The number of aromatic amines is 1. The molecule has 0 radical (unpaired) electrons. The quantitative estimate of drug-likeness (QED) is 0.250. The number of carbonyl (C=O) groups is 2. The smallest absolute Gasteiger partial charge is 0.291 e. The van der Waals surface area contributed by atoms with E-state index in [-0.39, 0.29) is 36.4 Å². The van der Waals surface area contributed by atoms with Gasteiger partial charge in [-0.15, -0.1) is 0 Å². The zero-order chi connectivity index (χ0) is 29.4. The van der Waals surface area contributed by atoms with Crippen LogP contribution >= 0.6 is 11.6 Å². The molecule has 2 aliphatic heterocycles. The van der Waals surface area contributed by atoms with Crippen molar-refractivity contribution in [1.29, 1.82) is 0 Å². The van der Waals surface area contributed by atoms with Crippen LogP contribution in [0.1, 0.15) is 29.9 Å². The summed E-state index contributed by atoms with van der Waals surface area (Å²) in [5.41, 5.74) is 2.03. The fourth-order valence-electron chi connectivity index (χ4n) is 5.48. The van der Waals surface area contributed by atoms with Crippen molar-refractivity contribution in [3.8, 4) is 11.1 Å². The number of sulfonamides is 1. The highest BCUT2D eigenvalue weighted by atomic mass is 35.5. The summed E-state index contributed by atoms with van der Waals surface area (Å²) in [5, 5.41) is 12.6. The van der Waals surface area contributed by atoms with Crippen molar-refractivity contribution >= 4 is 44.3 Å². The lowest BCUT2D eigenvalue weighted by Gasteiger charge is -2.40. The molecule has 12 nitrogen and oxygen atoms in total. The first-order valence-electron chi connectivity index (χ1n) is 13.6. The third-order valence-corrected chi connectivity index (χ3v) is 9.79. The van der Waals surface area contributed by atoms with Gasteiger partial charge in [0, 0.05) is 91.2 Å². The Morgan fingerprint density at radius 2 is 1.83 bits per heavy atom. The second-order valence-electron chi connectivity index (χ2n) is 10.4. The summed E-state index contributed by atoms with van der Waals surface area (Å²) in [4.78, 5) is 40.8. The fraction of sp³-hybridized carbons (Fsp3) is 0.321. The molecular formula is C28H28ClN7O5S. The van der Waals surface area contributed by atoms with Gasteiger partial charge in [-0.2, -0.15) is 9.04 Å². The standard InChI is InChI=1S/C28H28ClN7O5S/c29-22-3-4-24-20(14-22)15-25(32-24)42(40,41)35-12-13-36(23(18-35)7-9-33-8-1-2-26(33)37)28(38)27-30-16-21(17-31-27)19-5-10-34(39)11-6-19/h3-6,10-11,14-17,23,32H,1-2,7-9,12-13,18H2. The van der Waals surface area contributed by atoms with E-state index in [0.29, 0.717) is 52.2 Å². The Morgan fingerprint density at radius 3 is 2.55 bits per heavy atom. The van der Waals surface area contributed by atoms with Gasteiger partial charge >= 0.3 is 0 Å². The molecule has 0 aliphatic carbocycles. The third-order valence-electron chi connectivity index (χ3n) is 7.76. The number of pyridine rings is 1. The largest absolute Gasteiger partial charge is 0.619 e. The minimum absolute atomic E-state index is 0.0142. The maximum Gasteiger partial charge on any atom is 0.291 e. The summed E-state index contributed by atoms with van der Waals surface area (Å²) >= 11 is 6.09. The molecule has 14 heteroatoms. The van der Waals surface area contributed by atoms with Crippen LogP contribution in [0.15, 0.2) is 66.2 Å². The summed E-state index contributed by atoms with van der Waals surface area (Å²) < 4.78 is 29.4. The lowest BCUT2D eigenvalue weighted by molar-refractivity contribution is -0.605. The minimum Gasteiger partial charge on any atom is -0.619 e. The molecule has 0 bridgehead atoms. The first-order chi connectivity index (χ1) is 20.2. The van der Waals surface area contributed by atoms with Crippen LogP contribution in [0.5, 0.6) is 0 Å². The molecule has 1 N–H and O–H groups in total. The highest BCUT2D eigenvalue weighted by Gasteiger charge is 2.38. The molecule has 6 rings (SSSR count). The average Bonchev–Trinajstić information content (AvgIpc) is 3.62. The maximum atomic E-state index is 13.7. The molecule has 1 atom stereocenters. The maximum absolute atomic E-state index is 13.7. The lowest BCUT2D eigenvalue weighted by Crippen LogP contribution is -2.57. The van der Waals surface area contributed by atoms with E-state index in [0.717, 1.165) is 12.0 Å². The van der Waals surface area contributed by atoms with Crippen LogP contribution in [0, 0.1) is 5.21 Å². The normalized spacial score (nSPS) is 18.2. The van der Waals surface area contributed by atoms with Crippen LogP contribution in [0.2, 0.25) is 5.02 Å². The van der Waals surface area contributed by atoms with E-state index < -0.39 is 22.0 Å². The van der Waals surface area contributed by atoms with Crippen LogP contribution < -0.4 is 4.73 Å². The summed E-state index contributed by atoms with van der Waals surface area (Å²) in [6.45, 7) is 1.34. The second-order valence-corrected chi connectivity index (χ2v) is 12.7. The predicted molar refractivity (Wildman–Crippen MR) is 154 cm³/mol. The Labute approximate surface area is 247 Å². The molecule has 1 aromatic carbocycles. The topological polar surface area (TPSA) is 147 Å². The van der Waals surface area contributed by atoms with Gasteiger partial charge in [0.05, 0.1) is 0 Å². The molecule has 0 saturated carbocycles. The SMILES string of the molecule is O=C1CCCN1CCC1CN(S(=O)(=O)c2cc3cc(Cl)ccc3[nH]2)CCN1C(=O)c1ncc(-c2cc[n+]([O-])cc2)cn1. The number of carbonyl (C=O) groups excluding carboxylic acids is 2. The fourth-order valence-corrected chi connectivity index (χ4v) is 7.14. The number of likely N-dealkylation sites (tertiary alicyclic amines) is 1. The van der Waals surface area contributed by atoms with E-state index in [1.807, 2.05) is 0 Å². The molecule has 5 heterocycles. The summed E-state index contributed by atoms with van der Waals surface area (Å²) in [6, 6.07) is 9.43. The molecule has 42 heavy (non-hydrogen) atoms. The molecule has 4 aromatic rings. The first-order valence-corrected chi connectivity index (χ1v) is 15.4. The average molecular weight is 610 g/mol. The Bertz CT molecular complexity index is 1740. The van der Waals surface area contributed by atoms with Gasteiger partial charge in [-0.3, -0.25) is 9.59 Å². The van der Waals surface area contributed by atoms with E-state index >= 15 is 0 Å². The first kappa shape index (κ1) is 28.1. The number of rotatable bonds is 7. The number of aromatic nitrogens is 4. The molecule has 2 fully saturated rings. The number of nitrogens with zero attached hydrogens (tertiary/aromatic N) is 6. The van der Waals surface area contributed by atoms with Gasteiger partial charge in [-0.25, -0.2) is 18.4 Å². The summed E-state index contributed by atoms with van der Waals surface area (Å²) in [5.74, 6) is -0.367. The van der Waals surface area contributed by atoms with Gasteiger partial charge in [0.2, 0.25) is 11.7 Å². The van der Waals surface area contributed by atoms with Crippen molar-refractivity contribution in [3.63, 3.8) is 0 Å². The second kappa shape index (κ2) is 11.3. The highest BCUT2D eigenvalue weighted by molar-refractivity contribution is 7.89. The third kappa shape index (κ3) is 5.54. The van der Waals surface area contributed by atoms with Crippen molar-refractivity contribution in [1.82, 2.24) is 29.1 Å². The number of fused-ring (bicyclic) bond motifs is 1. The van der Waals surface area contributed by atoms with Crippen LogP contribution in [0.25, 0.3) is 22.0 Å². The molecule has 218 valence electrons. The van der Waals surface area contributed by atoms with Crippen LogP contribution in [0.4, 0.5) is 0 Å². The molecule has 2 amide bonds. The Balaban J connectivity index is 1.23. The van der Waals surface area contributed by atoms with Crippen LogP contribution in [-0.2, 0) is 14.8 Å². The van der Waals surface area contributed by atoms with Crippen molar-refractivity contribution in [3.05, 3.63) is 77.2 Å². The molecular weight excluding hydrogens is 582 g/mol. The Morgan fingerprint density at radius 1 is 1.07 bits per heavy atom. The predicted octanol–water partition coefficient (Wildman–Crippen LogP) is 2.44. The van der Waals surface area contributed by atoms with Crippen molar-refractivity contribution < 1.29 is 22.7 Å². The van der Waals surface area contributed by atoms with E-state index in [4.69, 9.17) is 11.6 Å². The highest BCUT2D eigenvalue weighted by Crippen LogP contribution is 2.27. The van der Waals surface area contributed by atoms with E-state index in [2.05, 4.69) is 15.0 Å². The van der Waals surface area contributed by atoms with Crippen LogP contribution in [-0.4, -0.2) is 88.1 Å². The monoisotopic (exact) mass is 609 g/mol. The van der Waals surface area contributed by atoms with Gasteiger partial charge in [0.15, 0.2) is 12.4 Å². The molecule has 1 unspecified atom stereocenters. The van der Waals surface area contributed by atoms with Gasteiger partial charge in [0.25, 0.3) is 15.9 Å². The number of benzene rings is 1. The zero-order valence-electron chi connectivity index (χ0n) is 22.5. The van der Waals surface area contributed by atoms with Gasteiger partial charge in [-0.1, -0.05) is 11.6 Å². The number of halogens is 1. The van der Waals surface area contributed by atoms with E-state index in [9.17, 15) is 23.2 Å². The van der Waals surface area contributed by atoms with Crippen LogP contribution in [0.3, 0.4) is 0 Å². The summed E-state index contributed by atoms with van der Waals surface area (Å²) in [6.07, 6.45) is 7.45. The van der Waals surface area contributed by atoms with E-state index in [1.165, 1.54) is 29.1 Å². The number of piperazine rings is 1. The molecule has 2 saturated heterocycles. The van der Waals surface area contributed by atoms with Crippen molar-refractivity contribution in [2.75, 3.05) is 32.7 Å². The molecule has 2 aliphatic rings. The lowest BCUT2D eigenvalue weighted by atomic mass is 10.1. The van der Waals surface area contributed by atoms with Gasteiger partial charge < -0.3 is 20.0 Å². The number of amides is 2. The van der Waals surface area contributed by atoms with Gasteiger partial charge in [-0.05, 0) is 42.7 Å². The molecule has 3 aromatic heterocycles. The molecule has 0 spiro atoms. The summed E-state index contributed by atoms with van der Waals surface area (Å²) in [7, 11) is -3.91. The zero-order valence-corrected chi connectivity index (χ0v) is 24.1. The van der Waals surface area contributed by atoms with E-state index in [1.54, 1.807) is 46.2 Å².